The highest BCUT2D eigenvalue weighted by atomic mass is 16.2. The zero-order chi connectivity index (χ0) is 18.6. The summed E-state index contributed by atoms with van der Waals surface area (Å²) in [5.74, 6) is 0.688. The van der Waals surface area contributed by atoms with Crippen LogP contribution >= 0.6 is 0 Å². The van der Waals surface area contributed by atoms with Gasteiger partial charge in [0.15, 0.2) is 5.96 Å². The highest BCUT2D eigenvalue weighted by Gasteiger charge is 2.23. The lowest BCUT2D eigenvalue weighted by Gasteiger charge is -2.25. The number of carbonyl (C=O) groups excluding carboxylic acids is 1. The first-order valence-corrected chi connectivity index (χ1v) is 9.10. The van der Waals surface area contributed by atoms with Crippen LogP contribution in [0.3, 0.4) is 0 Å². The van der Waals surface area contributed by atoms with E-state index in [0.29, 0.717) is 12.0 Å². The van der Waals surface area contributed by atoms with E-state index < -0.39 is 0 Å². The summed E-state index contributed by atoms with van der Waals surface area (Å²) >= 11 is 0. The van der Waals surface area contributed by atoms with Crippen LogP contribution in [-0.2, 0) is 17.6 Å². The molecule has 1 atom stereocenters. The molecule has 2 rings (SSSR count). The molecule has 1 aromatic rings. The zero-order valence-electron chi connectivity index (χ0n) is 16.3. The molecule has 0 saturated heterocycles. The smallest absolute Gasteiger partial charge is 0.243 e. The predicted molar refractivity (Wildman–Crippen MR) is 101 cm³/mol. The van der Waals surface area contributed by atoms with E-state index in [9.17, 15) is 4.79 Å². The molecule has 1 unspecified atom stereocenters. The van der Waals surface area contributed by atoms with Crippen LogP contribution in [0.4, 0.5) is 0 Å². The van der Waals surface area contributed by atoms with Crippen molar-refractivity contribution in [2.24, 2.45) is 4.99 Å². The fraction of sp³-hybridized carbons (Fsp3) is 0.722. The number of rotatable bonds is 5. The Bertz CT molecular complexity index is 617. The molecule has 0 aliphatic heterocycles. The first-order chi connectivity index (χ1) is 11.8. The number of nitrogens with one attached hydrogen (secondary N) is 2. The monoisotopic (exact) mass is 348 g/mol. The summed E-state index contributed by atoms with van der Waals surface area (Å²) in [6.45, 7) is 8.57. The Morgan fingerprint density at radius 2 is 2.12 bits per heavy atom. The summed E-state index contributed by atoms with van der Waals surface area (Å²) in [5.41, 5.74) is 2.52. The number of likely N-dealkylation sites (N-methyl/N-ethyl adjacent to an activating group) is 1. The van der Waals surface area contributed by atoms with Gasteiger partial charge in [0.05, 0.1) is 5.69 Å². The fourth-order valence-electron chi connectivity index (χ4n) is 2.79. The van der Waals surface area contributed by atoms with Gasteiger partial charge in [-0.3, -0.25) is 9.48 Å². The summed E-state index contributed by atoms with van der Waals surface area (Å²) in [5, 5.41) is 11.5. The van der Waals surface area contributed by atoms with Crippen molar-refractivity contribution in [1.29, 1.82) is 0 Å². The van der Waals surface area contributed by atoms with Gasteiger partial charge in [0.2, 0.25) is 5.91 Å². The van der Waals surface area contributed by atoms with Gasteiger partial charge in [-0.2, -0.15) is 5.10 Å². The molecular formula is C18H32N6O. The fourth-order valence-corrected chi connectivity index (χ4v) is 2.79. The van der Waals surface area contributed by atoms with Crippen molar-refractivity contribution in [3.63, 3.8) is 0 Å². The third-order valence-corrected chi connectivity index (χ3v) is 4.26. The number of nitrogens with zero attached hydrogens (tertiary/aromatic N) is 4. The van der Waals surface area contributed by atoms with Gasteiger partial charge < -0.3 is 15.5 Å². The van der Waals surface area contributed by atoms with Crippen molar-refractivity contribution in [3.8, 4) is 0 Å². The summed E-state index contributed by atoms with van der Waals surface area (Å²) < 4.78 is 2.05. The Kier molecular flexibility index (Phi) is 6.45. The standard InChI is InChI=1S/C18H32N6O/c1-12(2)20-18(19-10-17(25)23(5)6)21-15-8-7-14-11-24(13(3)4)22-16(14)9-15/h11-13,15H,7-10H2,1-6H3,(H2,19,20,21). The Morgan fingerprint density at radius 3 is 2.72 bits per heavy atom. The van der Waals surface area contributed by atoms with E-state index in [4.69, 9.17) is 5.10 Å². The normalized spacial score (nSPS) is 17.6. The van der Waals surface area contributed by atoms with E-state index in [1.54, 1.807) is 19.0 Å². The highest BCUT2D eigenvalue weighted by molar-refractivity contribution is 5.85. The number of carbonyl (C=O) groups is 1. The van der Waals surface area contributed by atoms with Gasteiger partial charge in [-0.15, -0.1) is 0 Å². The SMILES string of the molecule is CC(C)NC(=NCC(=O)N(C)C)NC1CCc2cn(C(C)C)nc2C1. The van der Waals surface area contributed by atoms with E-state index in [-0.39, 0.29) is 24.5 Å². The van der Waals surface area contributed by atoms with Gasteiger partial charge in [-0.25, -0.2) is 4.99 Å². The first kappa shape index (κ1) is 19.3. The molecule has 25 heavy (non-hydrogen) atoms. The lowest BCUT2D eigenvalue weighted by molar-refractivity contribution is -0.127. The number of hydrogen-bond donors (Lipinski definition) is 2. The van der Waals surface area contributed by atoms with Crippen molar-refractivity contribution in [2.75, 3.05) is 20.6 Å². The molecule has 0 saturated carbocycles. The number of fused-ring (bicyclic) bond motifs is 1. The number of hydrogen-bond acceptors (Lipinski definition) is 3. The molecule has 140 valence electrons. The van der Waals surface area contributed by atoms with Gasteiger partial charge in [0, 0.05) is 44.8 Å². The average molecular weight is 348 g/mol. The first-order valence-electron chi connectivity index (χ1n) is 9.10. The van der Waals surface area contributed by atoms with Crippen molar-refractivity contribution >= 4 is 11.9 Å². The number of aryl methyl sites for hydroxylation is 1. The van der Waals surface area contributed by atoms with Crippen molar-refractivity contribution < 1.29 is 4.79 Å². The topological polar surface area (TPSA) is 74.6 Å². The lowest BCUT2D eigenvalue weighted by Crippen LogP contribution is -2.48. The van der Waals surface area contributed by atoms with Crippen molar-refractivity contribution in [2.45, 2.75) is 65.1 Å². The summed E-state index contributed by atoms with van der Waals surface area (Å²) in [6, 6.07) is 0.913. The maximum Gasteiger partial charge on any atom is 0.243 e. The molecule has 0 aromatic carbocycles. The summed E-state index contributed by atoms with van der Waals surface area (Å²) in [4.78, 5) is 17.8. The molecule has 1 aromatic heterocycles. The number of guanidine groups is 1. The van der Waals surface area contributed by atoms with Crippen molar-refractivity contribution in [1.82, 2.24) is 25.3 Å². The van der Waals surface area contributed by atoms with E-state index in [1.165, 1.54) is 11.3 Å². The molecule has 1 amide bonds. The maximum absolute atomic E-state index is 11.8. The molecule has 1 heterocycles. The van der Waals surface area contributed by atoms with Gasteiger partial charge in [-0.05, 0) is 46.1 Å². The minimum atomic E-state index is -0.00790. The molecule has 0 spiro atoms. The second-order valence-corrected chi connectivity index (χ2v) is 7.51. The molecule has 1 aliphatic carbocycles. The Balaban J connectivity index is 2.03. The molecule has 1 aliphatic rings. The second kappa shape index (κ2) is 8.36. The van der Waals surface area contributed by atoms with Crippen LogP contribution in [0.5, 0.6) is 0 Å². The number of aromatic nitrogens is 2. The largest absolute Gasteiger partial charge is 0.354 e. The third kappa shape index (κ3) is 5.47. The second-order valence-electron chi connectivity index (χ2n) is 7.51. The minimum absolute atomic E-state index is 0.00790. The van der Waals surface area contributed by atoms with Crippen LogP contribution in [0.2, 0.25) is 0 Å². The Labute approximate surface area is 150 Å². The minimum Gasteiger partial charge on any atom is -0.354 e. The highest BCUT2D eigenvalue weighted by Crippen LogP contribution is 2.21. The molecule has 0 fully saturated rings. The van der Waals surface area contributed by atoms with Crippen molar-refractivity contribution in [3.05, 3.63) is 17.5 Å². The van der Waals surface area contributed by atoms with E-state index in [1.807, 2.05) is 4.68 Å². The van der Waals surface area contributed by atoms with Crippen LogP contribution in [-0.4, -0.2) is 59.3 Å². The zero-order valence-corrected chi connectivity index (χ0v) is 16.3. The van der Waals surface area contributed by atoms with E-state index in [2.05, 4.69) is 49.5 Å². The van der Waals surface area contributed by atoms with Crippen LogP contribution in [0, 0.1) is 0 Å². The molecular weight excluding hydrogens is 316 g/mol. The summed E-state index contributed by atoms with van der Waals surface area (Å²) in [6.07, 6.45) is 5.12. The molecule has 0 bridgehead atoms. The molecule has 7 heteroatoms. The van der Waals surface area contributed by atoms with E-state index >= 15 is 0 Å². The van der Waals surface area contributed by atoms with Gasteiger partial charge >= 0.3 is 0 Å². The van der Waals surface area contributed by atoms with Crippen LogP contribution in [0.25, 0.3) is 0 Å². The molecule has 0 radical (unpaired) electrons. The third-order valence-electron chi connectivity index (χ3n) is 4.26. The lowest BCUT2D eigenvalue weighted by atomic mass is 9.94. The van der Waals surface area contributed by atoms with Gasteiger partial charge in [0.25, 0.3) is 0 Å². The Hall–Kier alpha value is -2.05. The average Bonchev–Trinajstić information content (AvgIpc) is 2.95. The molecule has 2 N–H and O–H groups in total. The number of aliphatic imine (C=N–C) groups is 1. The van der Waals surface area contributed by atoms with Gasteiger partial charge in [-0.1, -0.05) is 0 Å². The Morgan fingerprint density at radius 1 is 1.40 bits per heavy atom. The quantitative estimate of drug-likeness (QED) is 0.622. The van der Waals surface area contributed by atoms with E-state index in [0.717, 1.165) is 19.3 Å². The predicted octanol–water partition coefficient (Wildman–Crippen LogP) is 1.35. The van der Waals surface area contributed by atoms with Gasteiger partial charge in [0.1, 0.15) is 6.54 Å². The van der Waals surface area contributed by atoms with Crippen LogP contribution in [0.15, 0.2) is 11.2 Å². The summed E-state index contributed by atoms with van der Waals surface area (Å²) in [7, 11) is 3.49. The molecule has 7 nitrogen and oxygen atoms in total. The number of amides is 1. The maximum atomic E-state index is 11.8. The van der Waals surface area contributed by atoms with Crippen LogP contribution < -0.4 is 10.6 Å². The van der Waals surface area contributed by atoms with Crippen LogP contribution in [0.1, 0.15) is 51.4 Å².